The SMILES string of the molecule is Cn1ccnc1C1=CCC(=O)CC1. The van der Waals surface area contributed by atoms with Crippen molar-refractivity contribution in [2.24, 2.45) is 7.05 Å². The highest BCUT2D eigenvalue weighted by atomic mass is 16.1. The summed E-state index contributed by atoms with van der Waals surface area (Å²) in [6.07, 6.45) is 7.78. The van der Waals surface area contributed by atoms with E-state index in [4.69, 9.17) is 0 Å². The van der Waals surface area contributed by atoms with Crippen LogP contribution in [0.5, 0.6) is 0 Å². The van der Waals surface area contributed by atoms with Crippen molar-refractivity contribution in [3.8, 4) is 0 Å². The van der Waals surface area contributed by atoms with Crippen LogP contribution in [-0.2, 0) is 11.8 Å². The van der Waals surface area contributed by atoms with Crippen LogP contribution in [0.2, 0.25) is 0 Å². The minimum absolute atomic E-state index is 0.331. The Labute approximate surface area is 77.1 Å². The molecule has 0 spiro atoms. The molecule has 68 valence electrons. The monoisotopic (exact) mass is 176 g/mol. The van der Waals surface area contributed by atoms with Gasteiger partial charge in [-0.2, -0.15) is 0 Å². The fourth-order valence-corrected chi connectivity index (χ4v) is 1.59. The van der Waals surface area contributed by atoms with Gasteiger partial charge in [0, 0.05) is 32.3 Å². The van der Waals surface area contributed by atoms with E-state index in [9.17, 15) is 4.79 Å². The fourth-order valence-electron chi connectivity index (χ4n) is 1.59. The summed E-state index contributed by atoms with van der Waals surface area (Å²) in [6, 6.07) is 0. The van der Waals surface area contributed by atoms with Gasteiger partial charge in [0.25, 0.3) is 0 Å². The average molecular weight is 176 g/mol. The summed E-state index contributed by atoms with van der Waals surface area (Å²) in [5.74, 6) is 1.32. The van der Waals surface area contributed by atoms with E-state index in [1.165, 1.54) is 5.57 Å². The number of nitrogens with zero attached hydrogens (tertiary/aromatic N) is 2. The van der Waals surface area contributed by atoms with Crippen molar-refractivity contribution in [1.82, 2.24) is 9.55 Å². The smallest absolute Gasteiger partial charge is 0.137 e. The normalized spacial score (nSPS) is 17.3. The van der Waals surface area contributed by atoms with Gasteiger partial charge in [0.1, 0.15) is 11.6 Å². The second-order valence-corrected chi connectivity index (χ2v) is 3.33. The number of hydrogen-bond acceptors (Lipinski definition) is 2. The third-order valence-corrected chi connectivity index (χ3v) is 2.36. The molecule has 0 N–H and O–H groups in total. The molecule has 0 unspecified atom stereocenters. The van der Waals surface area contributed by atoms with Gasteiger partial charge in [-0.15, -0.1) is 0 Å². The minimum atomic E-state index is 0.331. The third-order valence-electron chi connectivity index (χ3n) is 2.36. The van der Waals surface area contributed by atoms with Gasteiger partial charge in [-0.25, -0.2) is 4.98 Å². The van der Waals surface area contributed by atoms with Gasteiger partial charge in [0.15, 0.2) is 0 Å². The van der Waals surface area contributed by atoms with Gasteiger partial charge in [0.05, 0.1) is 0 Å². The Morgan fingerprint density at radius 3 is 2.85 bits per heavy atom. The number of ketones is 1. The van der Waals surface area contributed by atoms with Crippen molar-refractivity contribution >= 4 is 11.4 Å². The molecule has 1 heterocycles. The third kappa shape index (κ3) is 1.54. The number of aromatic nitrogens is 2. The zero-order valence-electron chi connectivity index (χ0n) is 7.66. The topological polar surface area (TPSA) is 34.9 Å². The quantitative estimate of drug-likeness (QED) is 0.650. The first-order chi connectivity index (χ1) is 6.27. The summed E-state index contributed by atoms with van der Waals surface area (Å²) in [5, 5.41) is 0. The van der Waals surface area contributed by atoms with Crippen molar-refractivity contribution in [3.05, 3.63) is 24.3 Å². The zero-order valence-corrected chi connectivity index (χ0v) is 7.66. The Morgan fingerprint density at radius 2 is 2.31 bits per heavy atom. The zero-order chi connectivity index (χ0) is 9.26. The van der Waals surface area contributed by atoms with Gasteiger partial charge in [-0.3, -0.25) is 4.79 Å². The molecule has 13 heavy (non-hydrogen) atoms. The van der Waals surface area contributed by atoms with E-state index in [1.54, 1.807) is 6.20 Å². The predicted octanol–water partition coefficient (Wildman–Crippen LogP) is 1.56. The molecule has 0 atom stereocenters. The number of imidazole rings is 1. The lowest BCUT2D eigenvalue weighted by molar-refractivity contribution is -0.118. The van der Waals surface area contributed by atoms with Crippen LogP contribution < -0.4 is 0 Å². The maximum Gasteiger partial charge on any atom is 0.137 e. The predicted molar refractivity (Wildman–Crippen MR) is 50.0 cm³/mol. The van der Waals surface area contributed by atoms with E-state index in [1.807, 2.05) is 23.9 Å². The van der Waals surface area contributed by atoms with Crippen molar-refractivity contribution in [3.63, 3.8) is 0 Å². The Kier molecular flexibility index (Phi) is 2.00. The van der Waals surface area contributed by atoms with E-state index >= 15 is 0 Å². The summed E-state index contributed by atoms with van der Waals surface area (Å²) in [7, 11) is 1.97. The van der Waals surface area contributed by atoms with E-state index in [-0.39, 0.29) is 0 Å². The lowest BCUT2D eigenvalue weighted by atomic mass is 9.98. The molecular weight excluding hydrogens is 164 g/mol. The maximum atomic E-state index is 11.0. The molecule has 3 nitrogen and oxygen atoms in total. The minimum Gasteiger partial charge on any atom is -0.334 e. The number of aryl methyl sites for hydroxylation is 1. The van der Waals surface area contributed by atoms with E-state index in [0.29, 0.717) is 18.6 Å². The Balaban J connectivity index is 2.28. The van der Waals surface area contributed by atoms with Crippen LogP contribution in [0.25, 0.3) is 5.57 Å². The van der Waals surface area contributed by atoms with Gasteiger partial charge >= 0.3 is 0 Å². The summed E-state index contributed by atoms with van der Waals surface area (Å²) in [4.78, 5) is 15.2. The number of Topliss-reactive ketones (excluding diaryl/α,β-unsaturated/α-hetero) is 1. The molecule has 0 aliphatic heterocycles. The summed E-state index contributed by atoms with van der Waals surface area (Å²) in [5.41, 5.74) is 1.20. The largest absolute Gasteiger partial charge is 0.334 e. The van der Waals surface area contributed by atoms with Crippen LogP contribution in [0.1, 0.15) is 25.1 Å². The van der Waals surface area contributed by atoms with Crippen molar-refractivity contribution in [1.29, 1.82) is 0 Å². The van der Waals surface area contributed by atoms with E-state index in [2.05, 4.69) is 4.98 Å². The van der Waals surface area contributed by atoms with Crippen molar-refractivity contribution < 1.29 is 4.79 Å². The van der Waals surface area contributed by atoms with Crippen LogP contribution in [0.15, 0.2) is 18.5 Å². The first-order valence-electron chi connectivity index (χ1n) is 4.46. The molecule has 1 aromatic rings. The highest BCUT2D eigenvalue weighted by Crippen LogP contribution is 2.23. The molecule has 0 saturated carbocycles. The lowest BCUT2D eigenvalue weighted by Gasteiger charge is -2.11. The number of carbonyl (C=O) groups excluding carboxylic acids is 1. The number of carbonyl (C=O) groups is 1. The molecule has 0 amide bonds. The number of hydrogen-bond donors (Lipinski definition) is 0. The molecule has 1 aliphatic rings. The van der Waals surface area contributed by atoms with Crippen LogP contribution >= 0.6 is 0 Å². The van der Waals surface area contributed by atoms with Gasteiger partial charge < -0.3 is 4.57 Å². The first-order valence-corrected chi connectivity index (χ1v) is 4.46. The molecule has 0 bridgehead atoms. The van der Waals surface area contributed by atoms with Gasteiger partial charge in [0.2, 0.25) is 0 Å². The first kappa shape index (κ1) is 8.23. The number of allylic oxidation sites excluding steroid dienone is 2. The van der Waals surface area contributed by atoms with Crippen LogP contribution in [0, 0.1) is 0 Å². The van der Waals surface area contributed by atoms with E-state index < -0.39 is 0 Å². The molecule has 3 heteroatoms. The Morgan fingerprint density at radius 1 is 1.46 bits per heavy atom. The molecule has 2 rings (SSSR count). The lowest BCUT2D eigenvalue weighted by Crippen LogP contribution is -2.06. The molecule has 0 radical (unpaired) electrons. The summed E-state index contributed by atoms with van der Waals surface area (Å²) >= 11 is 0. The summed E-state index contributed by atoms with van der Waals surface area (Å²) < 4.78 is 1.99. The van der Waals surface area contributed by atoms with Crippen LogP contribution in [0.3, 0.4) is 0 Å². The highest BCUT2D eigenvalue weighted by Gasteiger charge is 2.13. The summed E-state index contributed by atoms with van der Waals surface area (Å²) in [6.45, 7) is 0. The van der Waals surface area contributed by atoms with Crippen LogP contribution in [-0.4, -0.2) is 15.3 Å². The Bertz CT molecular complexity index is 363. The Hall–Kier alpha value is -1.38. The average Bonchev–Trinajstić information content (AvgIpc) is 2.53. The molecule has 0 fully saturated rings. The fraction of sp³-hybridized carbons (Fsp3) is 0.400. The molecular formula is C10H12N2O. The van der Waals surface area contributed by atoms with E-state index in [0.717, 1.165) is 12.2 Å². The van der Waals surface area contributed by atoms with Gasteiger partial charge in [-0.05, 0) is 12.0 Å². The molecule has 1 aromatic heterocycles. The highest BCUT2D eigenvalue weighted by molar-refractivity contribution is 5.86. The maximum absolute atomic E-state index is 11.0. The molecule has 0 saturated heterocycles. The van der Waals surface area contributed by atoms with Crippen molar-refractivity contribution in [2.75, 3.05) is 0 Å². The standard InChI is InChI=1S/C10H12N2O/c1-12-7-6-11-10(12)8-2-4-9(13)5-3-8/h2,6-7H,3-5H2,1H3. The second kappa shape index (κ2) is 3.17. The second-order valence-electron chi connectivity index (χ2n) is 3.33. The molecule has 0 aromatic carbocycles. The molecule has 1 aliphatic carbocycles. The van der Waals surface area contributed by atoms with Gasteiger partial charge in [-0.1, -0.05) is 6.08 Å². The number of rotatable bonds is 1. The van der Waals surface area contributed by atoms with Crippen LogP contribution in [0.4, 0.5) is 0 Å². The van der Waals surface area contributed by atoms with Crippen molar-refractivity contribution in [2.45, 2.75) is 19.3 Å².